The van der Waals surface area contributed by atoms with Gasteiger partial charge >= 0.3 is 12.0 Å². The molecule has 1 aromatic heterocycles. The van der Waals surface area contributed by atoms with Crippen molar-refractivity contribution in [3.63, 3.8) is 0 Å². The van der Waals surface area contributed by atoms with Crippen LogP contribution in [-0.4, -0.2) is 49.7 Å². The lowest BCUT2D eigenvalue weighted by molar-refractivity contribution is -0.147. The number of aliphatic carboxylic acids is 1. The lowest BCUT2D eigenvalue weighted by atomic mass is 10.00. The van der Waals surface area contributed by atoms with Crippen molar-refractivity contribution in [2.75, 3.05) is 6.54 Å². The van der Waals surface area contributed by atoms with Crippen molar-refractivity contribution in [2.45, 2.75) is 44.8 Å². The Morgan fingerprint density at radius 1 is 1.55 bits per heavy atom. The molecule has 7 nitrogen and oxygen atoms in total. The van der Waals surface area contributed by atoms with Crippen molar-refractivity contribution < 1.29 is 14.7 Å². The Labute approximate surface area is 117 Å². The third-order valence-electron chi connectivity index (χ3n) is 3.76. The lowest BCUT2D eigenvalue weighted by Crippen LogP contribution is -2.55. The standard InChI is InChI=1S/C13H20N4O3/c1-10(8-16-7-5-14-9-16)15-12(20)17-6-3-4-13(17,2)11(18)19/h5,7,9-10H,3-4,6,8H2,1-2H3,(H,15,20)(H,18,19). The van der Waals surface area contributed by atoms with Crippen LogP contribution in [0, 0.1) is 0 Å². The van der Waals surface area contributed by atoms with Gasteiger partial charge in [-0.1, -0.05) is 0 Å². The molecule has 7 heteroatoms. The van der Waals surface area contributed by atoms with E-state index in [-0.39, 0.29) is 12.1 Å². The minimum absolute atomic E-state index is 0.102. The van der Waals surface area contributed by atoms with Gasteiger partial charge in [0.15, 0.2) is 0 Å². The highest BCUT2D eigenvalue weighted by molar-refractivity contribution is 5.86. The molecule has 2 unspecified atom stereocenters. The van der Waals surface area contributed by atoms with Crippen molar-refractivity contribution in [1.29, 1.82) is 0 Å². The van der Waals surface area contributed by atoms with Crippen molar-refractivity contribution in [1.82, 2.24) is 19.8 Å². The van der Waals surface area contributed by atoms with E-state index in [1.54, 1.807) is 19.4 Å². The average Bonchev–Trinajstić information content (AvgIpc) is 2.98. The molecule has 1 aliphatic rings. The molecule has 2 N–H and O–H groups in total. The number of aromatic nitrogens is 2. The van der Waals surface area contributed by atoms with Crippen molar-refractivity contribution >= 4 is 12.0 Å². The van der Waals surface area contributed by atoms with Crippen LogP contribution in [0.15, 0.2) is 18.7 Å². The summed E-state index contributed by atoms with van der Waals surface area (Å²) in [6.07, 6.45) is 6.38. The van der Waals surface area contributed by atoms with Crippen LogP contribution >= 0.6 is 0 Å². The smallest absolute Gasteiger partial charge is 0.329 e. The second-order valence-electron chi connectivity index (χ2n) is 5.44. The SMILES string of the molecule is CC(Cn1ccnc1)NC(=O)N1CCCC1(C)C(=O)O. The minimum atomic E-state index is -1.10. The zero-order chi connectivity index (χ0) is 14.8. The number of carboxylic acids is 1. The maximum atomic E-state index is 12.2. The Morgan fingerprint density at radius 2 is 2.30 bits per heavy atom. The molecule has 1 saturated heterocycles. The predicted octanol–water partition coefficient (Wildman–Crippen LogP) is 0.920. The first-order valence-corrected chi connectivity index (χ1v) is 6.71. The van der Waals surface area contributed by atoms with Crippen molar-refractivity contribution in [3.05, 3.63) is 18.7 Å². The fraction of sp³-hybridized carbons (Fsp3) is 0.615. The normalized spacial score (nSPS) is 23.6. The van der Waals surface area contributed by atoms with E-state index in [0.29, 0.717) is 25.9 Å². The van der Waals surface area contributed by atoms with Crippen molar-refractivity contribution in [2.24, 2.45) is 0 Å². The number of rotatable bonds is 4. The molecule has 1 aliphatic heterocycles. The van der Waals surface area contributed by atoms with Gasteiger partial charge in [-0.25, -0.2) is 14.6 Å². The number of imidazole rings is 1. The Morgan fingerprint density at radius 3 is 2.90 bits per heavy atom. The lowest BCUT2D eigenvalue weighted by Gasteiger charge is -2.32. The monoisotopic (exact) mass is 280 g/mol. The Kier molecular flexibility index (Phi) is 3.96. The first kappa shape index (κ1) is 14.4. The van der Waals surface area contributed by atoms with E-state index in [1.807, 2.05) is 17.7 Å². The quantitative estimate of drug-likeness (QED) is 0.858. The highest BCUT2D eigenvalue weighted by atomic mass is 16.4. The van der Waals surface area contributed by atoms with E-state index in [9.17, 15) is 14.7 Å². The molecule has 2 atom stereocenters. The summed E-state index contributed by atoms with van der Waals surface area (Å²) in [5.41, 5.74) is -1.10. The van der Waals surface area contributed by atoms with E-state index in [1.165, 1.54) is 4.90 Å². The fourth-order valence-electron chi connectivity index (χ4n) is 2.56. The predicted molar refractivity (Wildman–Crippen MR) is 72.2 cm³/mol. The summed E-state index contributed by atoms with van der Waals surface area (Å²) in [4.78, 5) is 28.9. The number of carboxylic acid groups (broad SMARTS) is 1. The topological polar surface area (TPSA) is 87.5 Å². The van der Waals surface area contributed by atoms with Gasteiger partial charge in [0.2, 0.25) is 0 Å². The molecule has 0 aromatic carbocycles. The van der Waals surface area contributed by atoms with Gasteiger partial charge in [0.25, 0.3) is 0 Å². The van der Waals surface area contributed by atoms with Crippen LogP contribution < -0.4 is 5.32 Å². The van der Waals surface area contributed by atoms with Gasteiger partial charge in [-0.2, -0.15) is 0 Å². The van der Waals surface area contributed by atoms with Crippen molar-refractivity contribution in [3.8, 4) is 0 Å². The number of nitrogens with one attached hydrogen (secondary N) is 1. The van der Waals surface area contributed by atoms with E-state index in [0.717, 1.165) is 0 Å². The Balaban J connectivity index is 1.96. The van der Waals surface area contributed by atoms with Crippen LogP contribution in [-0.2, 0) is 11.3 Å². The molecule has 0 saturated carbocycles. The van der Waals surface area contributed by atoms with Gasteiger partial charge in [0, 0.05) is 31.5 Å². The van der Waals surface area contributed by atoms with Crippen LogP contribution in [0.25, 0.3) is 0 Å². The summed E-state index contributed by atoms with van der Waals surface area (Å²) < 4.78 is 1.87. The van der Waals surface area contributed by atoms with Crippen LogP contribution in [0.2, 0.25) is 0 Å². The fourth-order valence-corrected chi connectivity index (χ4v) is 2.56. The number of hydrogen-bond donors (Lipinski definition) is 2. The molecule has 2 rings (SSSR count). The molecule has 0 bridgehead atoms. The average molecular weight is 280 g/mol. The molecular formula is C13H20N4O3. The van der Waals surface area contributed by atoms with Crippen LogP contribution in [0.3, 0.4) is 0 Å². The number of hydrogen-bond acceptors (Lipinski definition) is 3. The summed E-state index contributed by atoms with van der Waals surface area (Å²) in [5, 5.41) is 12.1. The number of amides is 2. The summed E-state index contributed by atoms with van der Waals surface area (Å²) >= 11 is 0. The van der Waals surface area contributed by atoms with E-state index in [4.69, 9.17) is 0 Å². The zero-order valence-corrected chi connectivity index (χ0v) is 11.7. The van der Waals surface area contributed by atoms with Gasteiger partial charge in [0.1, 0.15) is 5.54 Å². The van der Waals surface area contributed by atoms with E-state index >= 15 is 0 Å². The summed E-state index contributed by atoms with van der Waals surface area (Å²) in [6.45, 7) is 4.56. The molecule has 20 heavy (non-hydrogen) atoms. The molecule has 1 aromatic rings. The molecular weight excluding hydrogens is 260 g/mol. The summed E-state index contributed by atoms with van der Waals surface area (Å²) in [5.74, 6) is -0.951. The first-order chi connectivity index (χ1) is 9.43. The summed E-state index contributed by atoms with van der Waals surface area (Å²) in [7, 11) is 0. The zero-order valence-electron chi connectivity index (χ0n) is 11.7. The van der Waals surface area contributed by atoms with Gasteiger partial charge in [-0.15, -0.1) is 0 Å². The molecule has 2 heterocycles. The number of carbonyl (C=O) groups is 2. The minimum Gasteiger partial charge on any atom is -0.480 e. The maximum absolute atomic E-state index is 12.2. The Bertz CT molecular complexity index is 488. The highest BCUT2D eigenvalue weighted by Gasteiger charge is 2.46. The second-order valence-corrected chi connectivity index (χ2v) is 5.44. The molecule has 1 fully saturated rings. The largest absolute Gasteiger partial charge is 0.480 e. The third kappa shape index (κ3) is 2.76. The number of urea groups is 1. The van der Waals surface area contributed by atoms with E-state index < -0.39 is 11.5 Å². The number of carbonyl (C=O) groups excluding carboxylic acids is 1. The molecule has 2 amide bonds. The van der Waals surface area contributed by atoms with Gasteiger partial charge in [0.05, 0.1) is 6.33 Å². The molecule has 110 valence electrons. The molecule has 0 radical (unpaired) electrons. The molecule has 0 aliphatic carbocycles. The maximum Gasteiger partial charge on any atom is 0.329 e. The van der Waals surface area contributed by atoms with Crippen LogP contribution in [0.5, 0.6) is 0 Å². The Hall–Kier alpha value is -2.05. The van der Waals surface area contributed by atoms with Crippen LogP contribution in [0.4, 0.5) is 4.79 Å². The van der Waals surface area contributed by atoms with Gasteiger partial charge in [-0.3, -0.25) is 0 Å². The molecule has 0 spiro atoms. The van der Waals surface area contributed by atoms with E-state index in [2.05, 4.69) is 10.3 Å². The summed E-state index contributed by atoms with van der Waals surface area (Å²) in [6, 6.07) is -0.421. The third-order valence-corrected chi connectivity index (χ3v) is 3.76. The number of likely N-dealkylation sites (tertiary alicyclic amines) is 1. The van der Waals surface area contributed by atoms with Gasteiger partial charge in [-0.05, 0) is 26.7 Å². The first-order valence-electron chi connectivity index (χ1n) is 6.71. The second kappa shape index (κ2) is 5.52. The van der Waals surface area contributed by atoms with Crippen LogP contribution in [0.1, 0.15) is 26.7 Å². The van der Waals surface area contributed by atoms with Gasteiger partial charge < -0.3 is 19.9 Å². The highest BCUT2D eigenvalue weighted by Crippen LogP contribution is 2.29. The number of nitrogens with zero attached hydrogens (tertiary/aromatic N) is 3.